The second-order valence-electron chi connectivity index (χ2n) is 7.90. The molecule has 0 spiro atoms. The first kappa shape index (κ1) is 19.2. The van der Waals surface area contributed by atoms with Crippen LogP contribution in [0.25, 0.3) is 28.5 Å². The van der Waals surface area contributed by atoms with E-state index in [0.717, 1.165) is 36.8 Å². The van der Waals surface area contributed by atoms with Crippen molar-refractivity contribution in [1.29, 1.82) is 0 Å². The van der Waals surface area contributed by atoms with E-state index in [9.17, 15) is 9.59 Å². The van der Waals surface area contributed by atoms with E-state index in [-0.39, 0.29) is 24.4 Å². The fraction of sp³-hybridized carbons (Fsp3) is 0.318. The highest BCUT2D eigenvalue weighted by Gasteiger charge is 2.21. The molecule has 1 aliphatic carbocycles. The van der Waals surface area contributed by atoms with Crippen molar-refractivity contribution < 1.29 is 9.32 Å². The Bertz CT molecular complexity index is 1310. The molecule has 1 fully saturated rings. The normalized spacial score (nSPS) is 14.4. The zero-order valence-corrected chi connectivity index (χ0v) is 17.1. The van der Waals surface area contributed by atoms with Crippen molar-refractivity contribution >= 4 is 11.6 Å². The number of hydrogen-bond donors (Lipinski definition) is 1. The van der Waals surface area contributed by atoms with Gasteiger partial charge in [0.05, 0.1) is 5.56 Å². The van der Waals surface area contributed by atoms with E-state index < -0.39 is 5.69 Å². The smallest absolute Gasteiger partial charge is 0.350 e. The lowest BCUT2D eigenvalue weighted by Crippen LogP contribution is -2.37. The van der Waals surface area contributed by atoms with E-state index in [0.29, 0.717) is 17.0 Å². The highest BCUT2D eigenvalue weighted by atomic mass is 16.5. The standard InChI is InChI=1S/C22H22N6O3/c1-14-6-4-7-15(12-14)19-24-21(31-26-19)17-10-5-11-27-20(17)25-28(22(27)30)13-18(29)23-16-8-2-3-9-16/h4-7,10-12,16H,2-3,8-9,13H2,1H3,(H,23,29). The van der Waals surface area contributed by atoms with Crippen LogP contribution in [0, 0.1) is 6.92 Å². The van der Waals surface area contributed by atoms with Gasteiger partial charge in [-0.2, -0.15) is 4.98 Å². The van der Waals surface area contributed by atoms with Gasteiger partial charge in [-0.25, -0.2) is 13.9 Å². The van der Waals surface area contributed by atoms with E-state index in [4.69, 9.17) is 4.52 Å². The van der Waals surface area contributed by atoms with Crippen molar-refractivity contribution in [3.8, 4) is 22.8 Å². The minimum absolute atomic E-state index is 0.130. The SMILES string of the molecule is Cc1cccc(-c2noc(-c3cccn4c(=O)n(CC(=O)NC5CCCC5)nc34)n2)c1. The Morgan fingerprint density at radius 3 is 2.87 bits per heavy atom. The predicted octanol–water partition coefficient (Wildman–Crippen LogP) is 2.58. The highest BCUT2D eigenvalue weighted by molar-refractivity contribution is 5.76. The number of carbonyl (C=O) groups is 1. The number of rotatable bonds is 5. The molecule has 9 nitrogen and oxygen atoms in total. The molecular formula is C22H22N6O3. The minimum Gasteiger partial charge on any atom is -0.352 e. The second kappa shape index (κ2) is 7.82. The molecule has 0 radical (unpaired) electrons. The van der Waals surface area contributed by atoms with Crippen LogP contribution in [-0.4, -0.2) is 36.3 Å². The highest BCUT2D eigenvalue weighted by Crippen LogP contribution is 2.25. The maximum absolute atomic E-state index is 12.8. The van der Waals surface area contributed by atoms with Gasteiger partial charge in [0, 0.05) is 17.8 Å². The molecule has 1 N–H and O–H groups in total. The van der Waals surface area contributed by atoms with Crippen molar-refractivity contribution in [1.82, 2.24) is 29.6 Å². The van der Waals surface area contributed by atoms with Gasteiger partial charge >= 0.3 is 5.69 Å². The largest absolute Gasteiger partial charge is 0.352 e. The van der Waals surface area contributed by atoms with Crippen LogP contribution in [0.1, 0.15) is 31.2 Å². The van der Waals surface area contributed by atoms with Crippen LogP contribution < -0.4 is 11.0 Å². The molecule has 4 aromatic rings. The molecule has 3 aromatic heterocycles. The number of carbonyl (C=O) groups excluding carboxylic acids is 1. The molecule has 1 aromatic carbocycles. The van der Waals surface area contributed by atoms with Gasteiger partial charge < -0.3 is 9.84 Å². The minimum atomic E-state index is -0.392. The summed E-state index contributed by atoms with van der Waals surface area (Å²) < 4.78 is 8.02. The lowest BCUT2D eigenvalue weighted by atomic mass is 10.1. The van der Waals surface area contributed by atoms with Gasteiger partial charge in [0.2, 0.25) is 11.7 Å². The van der Waals surface area contributed by atoms with Crippen molar-refractivity contribution in [2.45, 2.75) is 45.2 Å². The predicted molar refractivity (Wildman–Crippen MR) is 113 cm³/mol. The number of nitrogens with one attached hydrogen (secondary N) is 1. The summed E-state index contributed by atoms with van der Waals surface area (Å²) in [5.41, 5.74) is 2.43. The van der Waals surface area contributed by atoms with E-state index in [1.54, 1.807) is 18.3 Å². The van der Waals surface area contributed by atoms with Gasteiger partial charge in [0.25, 0.3) is 5.89 Å². The average Bonchev–Trinajstić information content (AvgIpc) is 3.50. The van der Waals surface area contributed by atoms with Crippen LogP contribution in [0.15, 0.2) is 51.9 Å². The van der Waals surface area contributed by atoms with E-state index >= 15 is 0 Å². The first-order valence-corrected chi connectivity index (χ1v) is 10.4. The second-order valence-corrected chi connectivity index (χ2v) is 7.90. The van der Waals surface area contributed by atoms with Gasteiger partial charge in [-0.05, 0) is 38.0 Å². The monoisotopic (exact) mass is 418 g/mol. The zero-order chi connectivity index (χ0) is 21.4. The summed E-state index contributed by atoms with van der Waals surface area (Å²) in [6.45, 7) is 1.86. The first-order valence-electron chi connectivity index (χ1n) is 10.4. The molecular weight excluding hydrogens is 396 g/mol. The average molecular weight is 418 g/mol. The number of nitrogens with zero attached hydrogens (tertiary/aromatic N) is 5. The Morgan fingerprint density at radius 1 is 1.23 bits per heavy atom. The van der Waals surface area contributed by atoms with Crippen LogP contribution >= 0.6 is 0 Å². The molecule has 9 heteroatoms. The number of aromatic nitrogens is 5. The van der Waals surface area contributed by atoms with Crippen molar-refractivity contribution in [2.75, 3.05) is 0 Å². The molecule has 5 rings (SSSR count). The molecule has 3 heterocycles. The van der Waals surface area contributed by atoms with Crippen molar-refractivity contribution in [2.24, 2.45) is 0 Å². The summed E-state index contributed by atoms with van der Waals surface area (Å²) in [5.74, 6) is 0.506. The zero-order valence-electron chi connectivity index (χ0n) is 17.1. The molecule has 0 unspecified atom stereocenters. The van der Waals surface area contributed by atoms with Crippen LogP contribution in [-0.2, 0) is 11.3 Å². The van der Waals surface area contributed by atoms with Crippen LogP contribution in [0.5, 0.6) is 0 Å². The number of amides is 1. The number of fused-ring (bicyclic) bond motifs is 1. The van der Waals surface area contributed by atoms with Crippen LogP contribution in [0.2, 0.25) is 0 Å². The van der Waals surface area contributed by atoms with Crippen molar-refractivity contribution in [3.63, 3.8) is 0 Å². The van der Waals surface area contributed by atoms with Gasteiger partial charge in [-0.3, -0.25) is 4.79 Å². The molecule has 0 saturated heterocycles. The summed E-state index contributed by atoms with van der Waals surface area (Å²) in [7, 11) is 0. The van der Waals surface area contributed by atoms with Crippen LogP contribution in [0.3, 0.4) is 0 Å². The van der Waals surface area contributed by atoms with Crippen LogP contribution in [0.4, 0.5) is 0 Å². The topological polar surface area (TPSA) is 107 Å². The summed E-state index contributed by atoms with van der Waals surface area (Å²) in [6.07, 6.45) is 5.82. The van der Waals surface area contributed by atoms with Gasteiger partial charge in [0.1, 0.15) is 6.54 Å². The first-order chi connectivity index (χ1) is 15.1. The van der Waals surface area contributed by atoms with E-state index in [2.05, 4.69) is 20.6 Å². The Hall–Kier alpha value is -3.75. The maximum atomic E-state index is 12.8. The number of hydrogen-bond acceptors (Lipinski definition) is 6. The van der Waals surface area contributed by atoms with Gasteiger partial charge in [0.15, 0.2) is 5.65 Å². The lowest BCUT2D eigenvalue weighted by molar-refractivity contribution is -0.122. The fourth-order valence-electron chi connectivity index (χ4n) is 4.02. The third-order valence-corrected chi connectivity index (χ3v) is 5.56. The molecule has 31 heavy (non-hydrogen) atoms. The molecule has 1 aliphatic rings. The van der Waals surface area contributed by atoms with Crippen molar-refractivity contribution in [3.05, 3.63) is 58.6 Å². The number of aryl methyl sites for hydroxylation is 1. The Kier molecular flexibility index (Phi) is 4.85. The molecule has 0 aliphatic heterocycles. The van der Waals surface area contributed by atoms with E-state index in [1.807, 2.05) is 31.2 Å². The molecule has 1 amide bonds. The molecule has 0 atom stereocenters. The molecule has 158 valence electrons. The summed E-state index contributed by atoms with van der Waals surface area (Å²) in [4.78, 5) is 29.6. The number of benzene rings is 1. The third kappa shape index (κ3) is 3.74. The molecule has 1 saturated carbocycles. The summed E-state index contributed by atoms with van der Waals surface area (Å²) in [6, 6.07) is 11.5. The maximum Gasteiger partial charge on any atom is 0.350 e. The summed E-state index contributed by atoms with van der Waals surface area (Å²) >= 11 is 0. The van der Waals surface area contributed by atoms with Gasteiger partial charge in [-0.15, -0.1) is 5.10 Å². The quantitative estimate of drug-likeness (QED) is 0.534. The Morgan fingerprint density at radius 2 is 2.06 bits per heavy atom. The fourth-order valence-corrected chi connectivity index (χ4v) is 4.02. The third-order valence-electron chi connectivity index (χ3n) is 5.56. The summed E-state index contributed by atoms with van der Waals surface area (Å²) in [5, 5.41) is 11.4. The number of pyridine rings is 1. The van der Waals surface area contributed by atoms with E-state index in [1.165, 1.54) is 9.08 Å². The molecule has 0 bridgehead atoms. The Balaban J connectivity index is 1.46. The lowest BCUT2D eigenvalue weighted by Gasteiger charge is -2.10. The Labute approximate surface area is 177 Å². The van der Waals surface area contributed by atoms with Gasteiger partial charge in [-0.1, -0.05) is 41.8 Å².